The lowest BCUT2D eigenvalue weighted by Gasteiger charge is -2.34. The van der Waals surface area contributed by atoms with Gasteiger partial charge in [-0.25, -0.2) is 4.79 Å². The first kappa shape index (κ1) is 10.3. The van der Waals surface area contributed by atoms with E-state index in [0.717, 1.165) is 32.4 Å². The molecular weight excluding hydrogens is 166 g/mol. The van der Waals surface area contributed by atoms with E-state index in [9.17, 15) is 4.79 Å². The molecule has 1 heterocycles. The summed E-state index contributed by atoms with van der Waals surface area (Å²) in [7, 11) is 0. The lowest BCUT2D eigenvalue weighted by Crippen LogP contribution is -2.47. The average molecular weight is 185 g/mol. The second-order valence-electron chi connectivity index (χ2n) is 3.76. The molecule has 0 spiro atoms. The van der Waals surface area contributed by atoms with Gasteiger partial charge in [-0.1, -0.05) is 6.92 Å². The Labute approximate surface area is 79.3 Å². The summed E-state index contributed by atoms with van der Waals surface area (Å²) in [6.45, 7) is 3.61. The minimum atomic E-state index is -0.312. The van der Waals surface area contributed by atoms with Crippen molar-refractivity contribution < 1.29 is 4.79 Å². The van der Waals surface area contributed by atoms with E-state index in [2.05, 4.69) is 6.92 Å². The highest BCUT2D eigenvalue weighted by molar-refractivity contribution is 5.72. The van der Waals surface area contributed by atoms with E-state index in [1.165, 1.54) is 0 Å². The molecule has 0 radical (unpaired) electrons. The number of piperidine rings is 1. The molecule has 0 aromatic carbocycles. The topological polar surface area (TPSA) is 72.3 Å². The molecule has 1 aliphatic rings. The molecule has 0 aromatic heterocycles. The Kier molecular flexibility index (Phi) is 3.54. The summed E-state index contributed by atoms with van der Waals surface area (Å²) in [4.78, 5) is 12.6. The quantitative estimate of drug-likeness (QED) is 0.658. The molecule has 4 nitrogen and oxygen atoms in total. The normalized spacial score (nSPS) is 25.7. The van der Waals surface area contributed by atoms with Crippen LogP contribution >= 0.6 is 0 Å². The molecule has 0 aliphatic carbocycles. The second kappa shape index (κ2) is 4.46. The summed E-state index contributed by atoms with van der Waals surface area (Å²) in [5.41, 5.74) is 11.1. The van der Waals surface area contributed by atoms with Gasteiger partial charge in [0.25, 0.3) is 0 Å². The van der Waals surface area contributed by atoms with Gasteiger partial charge in [-0.2, -0.15) is 0 Å². The minimum absolute atomic E-state index is 0.210. The molecule has 2 unspecified atom stereocenters. The summed E-state index contributed by atoms with van der Waals surface area (Å²) < 4.78 is 0. The highest BCUT2D eigenvalue weighted by Gasteiger charge is 2.25. The molecule has 1 saturated heterocycles. The highest BCUT2D eigenvalue weighted by atomic mass is 16.2. The van der Waals surface area contributed by atoms with Crippen molar-refractivity contribution in [1.82, 2.24) is 4.90 Å². The zero-order chi connectivity index (χ0) is 9.84. The van der Waals surface area contributed by atoms with Gasteiger partial charge in [0, 0.05) is 19.1 Å². The maximum absolute atomic E-state index is 10.9. The molecule has 0 saturated carbocycles. The molecule has 0 aromatic rings. The second-order valence-corrected chi connectivity index (χ2v) is 3.76. The predicted molar refractivity (Wildman–Crippen MR) is 52.1 cm³/mol. The van der Waals surface area contributed by atoms with E-state index in [-0.39, 0.29) is 12.1 Å². The SMILES string of the molecule is CCC(N)C1CCCN(C(N)=O)C1. The molecule has 1 aliphatic heterocycles. The molecule has 1 fully saturated rings. The van der Waals surface area contributed by atoms with Crippen LogP contribution in [0, 0.1) is 5.92 Å². The number of carbonyl (C=O) groups excluding carboxylic acids is 1. The van der Waals surface area contributed by atoms with Crippen LogP contribution in [-0.2, 0) is 0 Å². The summed E-state index contributed by atoms with van der Waals surface area (Å²) in [6.07, 6.45) is 3.12. The van der Waals surface area contributed by atoms with Crippen LogP contribution in [0.2, 0.25) is 0 Å². The fraction of sp³-hybridized carbons (Fsp3) is 0.889. The van der Waals surface area contributed by atoms with Crippen LogP contribution in [0.15, 0.2) is 0 Å². The number of nitrogens with two attached hydrogens (primary N) is 2. The molecule has 1 rings (SSSR count). The number of hydrogen-bond acceptors (Lipinski definition) is 2. The van der Waals surface area contributed by atoms with Crippen molar-refractivity contribution in [2.75, 3.05) is 13.1 Å². The van der Waals surface area contributed by atoms with Crippen molar-refractivity contribution in [2.24, 2.45) is 17.4 Å². The maximum atomic E-state index is 10.9. The third-order valence-corrected chi connectivity index (χ3v) is 2.85. The Morgan fingerprint density at radius 2 is 2.38 bits per heavy atom. The predicted octanol–water partition coefficient (Wildman–Crippen LogP) is 0.514. The number of rotatable bonds is 2. The number of likely N-dealkylation sites (tertiary alicyclic amines) is 1. The van der Waals surface area contributed by atoms with Gasteiger partial charge >= 0.3 is 6.03 Å². The van der Waals surface area contributed by atoms with Crippen LogP contribution in [0.3, 0.4) is 0 Å². The maximum Gasteiger partial charge on any atom is 0.314 e. The van der Waals surface area contributed by atoms with E-state index in [0.29, 0.717) is 5.92 Å². The molecule has 4 N–H and O–H groups in total. The third kappa shape index (κ3) is 2.59. The van der Waals surface area contributed by atoms with Gasteiger partial charge in [0.05, 0.1) is 0 Å². The monoisotopic (exact) mass is 185 g/mol. The molecule has 2 atom stereocenters. The Morgan fingerprint density at radius 1 is 1.69 bits per heavy atom. The minimum Gasteiger partial charge on any atom is -0.351 e. The van der Waals surface area contributed by atoms with Gasteiger partial charge in [0.2, 0.25) is 0 Å². The number of nitrogens with zero attached hydrogens (tertiary/aromatic N) is 1. The Balaban J connectivity index is 2.46. The lowest BCUT2D eigenvalue weighted by molar-refractivity contribution is 0.163. The van der Waals surface area contributed by atoms with Crippen LogP contribution < -0.4 is 11.5 Å². The zero-order valence-corrected chi connectivity index (χ0v) is 8.20. The number of primary amides is 1. The fourth-order valence-corrected chi connectivity index (χ4v) is 1.89. The molecule has 2 amide bonds. The van der Waals surface area contributed by atoms with E-state index < -0.39 is 0 Å². The largest absolute Gasteiger partial charge is 0.351 e. The molecule has 13 heavy (non-hydrogen) atoms. The Hall–Kier alpha value is -0.770. The lowest BCUT2D eigenvalue weighted by atomic mass is 9.90. The first-order valence-corrected chi connectivity index (χ1v) is 4.95. The molecule has 0 bridgehead atoms. The number of urea groups is 1. The van der Waals surface area contributed by atoms with Crippen LogP contribution in [0.25, 0.3) is 0 Å². The van der Waals surface area contributed by atoms with E-state index in [1.807, 2.05) is 0 Å². The number of carbonyl (C=O) groups is 1. The summed E-state index contributed by atoms with van der Waals surface area (Å²) in [5, 5.41) is 0. The summed E-state index contributed by atoms with van der Waals surface area (Å²) in [6, 6.07) is -0.102. The smallest absolute Gasteiger partial charge is 0.314 e. The van der Waals surface area contributed by atoms with Crippen molar-refractivity contribution >= 4 is 6.03 Å². The Morgan fingerprint density at radius 3 is 2.92 bits per heavy atom. The van der Waals surface area contributed by atoms with E-state index >= 15 is 0 Å². The van der Waals surface area contributed by atoms with Gasteiger partial charge < -0.3 is 16.4 Å². The van der Waals surface area contributed by atoms with Crippen molar-refractivity contribution in [1.29, 1.82) is 0 Å². The van der Waals surface area contributed by atoms with Gasteiger partial charge in [-0.15, -0.1) is 0 Å². The van der Waals surface area contributed by atoms with Crippen LogP contribution in [0.4, 0.5) is 4.79 Å². The van der Waals surface area contributed by atoms with Crippen LogP contribution in [0.1, 0.15) is 26.2 Å². The third-order valence-electron chi connectivity index (χ3n) is 2.85. The van der Waals surface area contributed by atoms with Gasteiger partial charge in [0.1, 0.15) is 0 Å². The van der Waals surface area contributed by atoms with Gasteiger partial charge in [0.15, 0.2) is 0 Å². The zero-order valence-electron chi connectivity index (χ0n) is 8.20. The van der Waals surface area contributed by atoms with Crippen molar-refractivity contribution in [3.05, 3.63) is 0 Å². The first-order valence-electron chi connectivity index (χ1n) is 4.95. The van der Waals surface area contributed by atoms with Crippen LogP contribution in [0.5, 0.6) is 0 Å². The molecule has 4 heteroatoms. The first-order chi connectivity index (χ1) is 6.15. The van der Waals surface area contributed by atoms with Crippen molar-refractivity contribution in [3.8, 4) is 0 Å². The average Bonchev–Trinajstić information content (AvgIpc) is 2.17. The molecular formula is C9H19N3O. The summed E-state index contributed by atoms with van der Waals surface area (Å²) in [5.74, 6) is 0.436. The number of amides is 2. The molecule has 76 valence electrons. The van der Waals surface area contributed by atoms with E-state index in [1.54, 1.807) is 4.90 Å². The van der Waals surface area contributed by atoms with Crippen molar-refractivity contribution in [2.45, 2.75) is 32.2 Å². The van der Waals surface area contributed by atoms with E-state index in [4.69, 9.17) is 11.5 Å². The fourth-order valence-electron chi connectivity index (χ4n) is 1.89. The Bertz CT molecular complexity index is 184. The van der Waals surface area contributed by atoms with Gasteiger partial charge in [-0.3, -0.25) is 0 Å². The van der Waals surface area contributed by atoms with Crippen molar-refractivity contribution in [3.63, 3.8) is 0 Å². The summed E-state index contributed by atoms with van der Waals surface area (Å²) >= 11 is 0. The standard InChI is InChI=1S/C9H19N3O/c1-2-8(10)7-4-3-5-12(6-7)9(11)13/h7-8H,2-6,10H2,1H3,(H2,11,13). The van der Waals surface area contributed by atoms with Gasteiger partial charge in [-0.05, 0) is 25.2 Å². The number of hydrogen-bond donors (Lipinski definition) is 2. The highest BCUT2D eigenvalue weighted by Crippen LogP contribution is 2.19. The van der Waals surface area contributed by atoms with Crippen LogP contribution in [-0.4, -0.2) is 30.1 Å².